The highest BCUT2D eigenvalue weighted by Crippen LogP contribution is 2.34. The van der Waals surface area contributed by atoms with Gasteiger partial charge in [0.15, 0.2) is 18.2 Å². The van der Waals surface area contributed by atoms with Gasteiger partial charge in [0.1, 0.15) is 17.3 Å². The Morgan fingerprint density at radius 3 is 2.50 bits per heavy atom. The topological polar surface area (TPSA) is 61.8 Å². The van der Waals surface area contributed by atoms with Gasteiger partial charge >= 0.3 is 11.9 Å². The Morgan fingerprint density at radius 1 is 1.00 bits per heavy atom. The summed E-state index contributed by atoms with van der Waals surface area (Å²) in [5.41, 5.74) is 0.232. The first-order valence-electron chi connectivity index (χ1n) is 8.41. The van der Waals surface area contributed by atoms with Gasteiger partial charge in [-0.2, -0.15) is 0 Å². The normalized spacial score (nSPS) is 10.7. The van der Waals surface area contributed by atoms with Crippen molar-refractivity contribution in [2.75, 3.05) is 13.2 Å². The molecule has 1 aromatic heterocycles. The standard InChI is InChI=1S/C20H16F2O5S/c1-2-25-20(24)19-12(18-14(22)7-5-9-16(18)28-19)10-27-17(23)11-26-15-8-4-3-6-13(15)21/h3-9H,2,10-11H2,1H3. The number of fused-ring (bicyclic) bond motifs is 1. The summed E-state index contributed by atoms with van der Waals surface area (Å²) in [6.07, 6.45) is 0. The molecule has 3 aromatic rings. The fourth-order valence-electron chi connectivity index (χ4n) is 2.56. The van der Waals surface area contributed by atoms with E-state index in [2.05, 4.69) is 0 Å². The maximum absolute atomic E-state index is 14.3. The molecule has 0 amide bonds. The number of carbonyl (C=O) groups excluding carboxylic acids is 2. The van der Waals surface area contributed by atoms with Gasteiger partial charge in [0, 0.05) is 15.6 Å². The first-order valence-corrected chi connectivity index (χ1v) is 9.22. The lowest BCUT2D eigenvalue weighted by Crippen LogP contribution is -2.16. The zero-order chi connectivity index (χ0) is 20.1. The first-order chi connectivity index (χ1) is 13.5. The third kappa shape index (κ3) is 4.28. The Morgan fingerprint density at radius 2 is 1.75 bits per heavy atom. The molecule has 2 aromatic carbocycles. The molecule has 0 bridgehead atoms. The Balaban J connectivity index is 1.75. The number of benzene rings is 2. The minimum absolute atomic E-state index is 0.0845. The van der Waals surface area contributed by atoms with Gasteiger partial charge in [0.2, 0.25) is 0 Å². The molecule has 0 radical (unpaired) electrons. The highest BCUT2D eigenvalue weighted by Gasteiger charge is 2.23. The van der Waals surface area contributed by atoms with E-state index in [1.165, 1.54) is 30.3 Å². The van der Waals surface area contributed by atoms with Crippen LogP contribution in [-0.4, -0.2) is 25.2 Å². The van der Waals surface area contributed by atoms with Gasteiger partial charge in [0.05, 0.1) is 6.61 Å². The summed E-state index contributed by atoms with van der Waals surface area (Å²) in [7, 11) is 0. The van der Waals surface area contributed by atoms with Crippen LogP contribution in [0.5, 0.6) is 5.75 Å². The summed E-state index contributed by atoms with van der Waals surface area (Å²) < 4.78 is 43.6. The van der Waals surface area contributed by atoms with Gasteiger partial charge in [0.25, 0.3) is 0 Å². The molecule has 0 aliphatic carbocycles. The third-order valence-corrected chi connectivity index (χ3v) is 4.96. The summed E-state index contributed by atoms with van der Waals surface area (Å²) in [5.74, 6) is -2.62. The van der Waals surface area contributed by atoms with Crippen LogP contribution in [0.3, 0.4) is 0 Å². The molecule has 8 heteroatoms. The first kappa shape index (κ1) is 19.8. The zero-order valence-electron chi connectivity index (χ0n) is 14.9. The van der Waals surface area contributed by atoms with Crippen molar-refractivity contribution in [2.45, 2.75) is 13.5 Å². The number of thiophene rings is 1. The summed E-state index contributed by atoms with van der Waals surface area (Å²) >= 11 is 1.06. The highest BCUT2D eigenvalue weighted by atomic mass is 32.1. The van der Waals surface area contributed by atoms with Crippen LogP contribution in [0.15, 0.2) is 42.5 Å². The second-order valence-electron chi connectivity index (χ2n) is 5.62. The molecule has 28 heavy (non-hydrogen) atoms. The van der Waals surface area contributed by atoms with Crippen LogP contribution in [0.1, 0.15) is 22.2 Å². The Bertz CT molecular complexity index is 1010. The Labute approximate surface area is 163 Å². The number of esters is 2. The van der Waals surface area contributed by atoms with Gasteiger partial charge in [-0.3, -0.25) is 0 Å². The monoisotopic (exact) mass is 406 g/mol. The average molecular weight is 406 g/mol. The van der Waals surface area contributed by atoms with E-state index in [9.17, 15) is 18.4 Å². The molecule has 0 N–H and O–H groups in total. The third-order valence-electron chi connectivity index (χ3n) is 3.78. The molecule has 1 heterocycles. The van der Waals surface area contributed by atoms with E-state index in [1.807, 2.05) is 0 Å². The largest absolute Gasteiger partial charge is 0.479 e. The molecule has 3 rings (SSSR count). The second kappa shape index (κ2) is 8.79. The average Bonchev–Trinajstić information content (AvgIpc) is 3.06. The quantitative estimate of drug-likeness (QED) is 0.542. The lowest BCUT2D eigenvalue weighted by atomic mass is 10.1. The van der Waals surface area contributed by atoms with Crippen LogP contribution >= 0.6 is 11.3 Å². The van der Waals surface area contributed by atoms with E-state index in [0.717, 1.165) is 11.3 Å². The maximum atomic E-state index is 14.3. The maximum Gasteiger partial charge on any atom is 0.348 e. The minimum Gasteiger partial charge on any atom is -0.479 e. The summed E-state index contributed by atoms with van der Waals surface area (Å²) in [4.78, 5) is 24.3. The van der Waals surface area contributed by atoms with E-state index < -0.39 is 30.2 Å². The predicted molar refractivity (Wildman–Crippen MR) is 99.4 cm³/mol. The van der Waals surface area contributed by atoms with Crippen molar-refractivity contribution in [1.82, 2.24) is 0 Å². The lowest BCUT2D eigenvalue weighted by molar-refractivity contribution is -0.147. The fraction of sp³-hybridized carbons (Fsp3) is 0.200. The lowest BCUT2D eigenvalue weighted by Gasteiger charge is -2.09. The summed E-state index contributed by atoms with van der Waals surface area (Å²) in [5, 5.41) is 0.207. The van der Waals surface area contributed by atoms with Gasteiger partial charge < -0.3 is 14.2 Å². The molecule has 0 unspecified atom stereocenters. The molecule has 5 nitrogen and oxygen atoms in total. The molecule has 0 saturated carbocycles. The van der Waals surface area contributed by atoms with Crippen LogP contribution in [0.2, 0.25) is 0 Å². The molecule has 0 aliphatic heterocycles. The molecule has 0 spiro atoms. The van der Waals surface area contributed by atoms with Crippen molar-refractivity contribution in [3.63, 3.8) is 0 Å². The molecule has 0 fully saturated rings. The Hall–Kier alpha value is -3.00. The van der Waals surface area contributed by atoms with Crippen molar-refractivity contribution in [1.29, 1.82) is 0 Å². The van der Waals surface area contributed by atoms with E-state index >= 15 is 0 Å². The van der Waals surface area contributed by atoms with Crippen LogP contribution in [-0.2, 0) is 20.9 Å². The number of carbonyl (C=O) groups is 2. The van der Waals surface area contributed by atoms with Crippen molar-refractivity contribution >= 4 is 33.4 Å². The number of hydrogen-bond acceptors (Lipinski definition) is 6. The highest BCUT2D eigenvalue weighted by molar-refractivity contribution is 7.21. The molecule has 0 atom stereocenters. The van der Waals surface area contributed by atoms with Crippen LogP contribution in [0.4, 0.5) is 8.78 Å². The minimum atomic E-state index is -0.784. The van der Waals surface area contributed by atoms with Crippen molar-refractivity contribution in [3.05, 3.63) is 64.5 Å². The van der Waals surface area contributed by atoms with E-state index in [0.29, 0.717) is 4.70 Å². The predicted octanol–water partition coefficient (Wildman–Crippen LogP) is 4.48. The zero-order valence-corrected chi connectivity index (χ0v) is 15.7. The molecular weight excluding hydrogens is 390 g/mol. The van der Waals surface area contributed by atoms with Crippen molar-refractivity contribution in [2.24, 2.45) is 0 Å². The number of rotatable bonds is 7. The molecular formula is C20H16F2O5S. The number of para-hydroxylation sites is 1. The summed E-state index contributed by atoms with van der Waals surface area (Å²) in [6.45, 7) is 0.950. The van der Waals surface area contributed by atoms with Gasteiger partial charge in [-0.25, -0.2) is 18.4 Å². The number of hydrogen-bond donors (Lipinski definition) is 0. The van der Waals surface area contributed by atoms with E-state index in [-0.39, 0.29) is 34.8 Å². The second-order valence-corrected chi connectivity index (χ2v) is 6.68. The van der Waals surface area contributed by atoms with Crippen LogP contribution in [0.25, 0.3) is 10.1 Å². The molecule has 0 aliphatic rings. The fourth-order valence-corrected chi connectivity index (χ4v) is 3.68. The van der Waals surface area contributed by atoms with Crippen LogP contribution < -0.4 is 4.74 Å². The van der Waals surface area contributed by atoms with Crippen LogP contribution in [0, 0.1) is 11.6 Å². The van der Waals surface area contributed by atoms with Gasteiger partial charge in [-0.15, -0.1) is 11.3 Å². The SMILES string of the molecule is CCOC(=O)c1sc2cccc(F)c2c1COC(=O)COc1ccccc1F. The van der Waals surface area contributed by atoms with Gasteiger partial charge in [-0.1, -0.05) is 18.2 Å². The number of halogens is 2. The smallest absolute Gasteiger partial charge is 0.348 e. The summed E-state index contributed by atoms with van der Waals surface area (Å²) in [6, 6.07) is 10.1. The van der Waals surface area contributed by atoms with E-state index in [1.54, 1.807) is 19.1 Å². The van der Waals surface area contributed by atoms with Crippen molar-refractivity contribution in [3.8, 4) is 5.75 Å². The van der Waals surface area contributed by atoms with Crippen molar-refractivity contribution < 1.29 is 32.6 Å². The molecule has 0 saturated heterocycles. The van der Waals surface area contributed by atoms with E-state index in [4.69, 9.17) is 14.2 Å². The molecule has 146 valence electrons. The van der Waals surface area contributed by atoms with Gasteiger partial charge in [-0.05, 0) is 31.2 Å². The Kier molecular flexibility index (Phi) is 6.20. The number of ether oxygens (including phenoxy) is 3.